The molecule has 1 atom stereocenters. The van der Waals surface area contributed by atoms with E-state index in [0.29, 0.717) is 5.57 Å². The number of carbonyl (C=O) groups excluding carboxylic acids is 1. The van der Waals surface area contributed by atoms with Crippen molar-refractivity contribution < 1.29 is 4.79 Å². The van der Waals surface area contributed by atoms with Crippen molar-refractivity contribution in [2.45, 2.75) is 0 Å². The van der Waals surface area contributed by atoms with Gasteiger partial charge in [-0.3, -0.25) is 15.6 Å². The maximum atomic E-state index is 12.0. The molecule has 1 unspecified atom stereocenters. The fourth-order valence-electron chi connectivity index (χ4n) is 2.42. The lowest BCUT2D eigenvalue weighted by atomic mass is 9.88. The van der Waals surface area contributed by atoms with Gasteiger partial charge in [-0.05, 0) is 11.1 Å². The van der Waals surface area contributed by atoms with Crippen molar-refractivity contribution in [2.24, 2.45) is 5.92 Å². The Balaban J connectivity index is 2.23. The van der Waals surface area contributed by atoms with Gasteiger partial charge in [0.1, 0.15) is 0 Å². The summed E-state index contributed by atoms with van der Waals surface area (Å²) in [4.78, 5) is 12.0. The molecule has 1 aliphatic heterocycles. The van der Waals surface area contributed by atoms with E-state index < -0.39 is 5.92 Å². The number of nitrogens with one attached hydrogen (secondary N) is 2. The van der Waals surface area contributed by atoms with E-state index in [4.69, 9.17) is 0 Å². The number of hydrogen-bond donors (Lipinski definition) is 2. The molecule has 0 saturated heterocycles. The van der Waals surface area contributed by atoms with Gasteiger partial charge in [-0.25, -0.2) is 0 Å². The summed E-state index contributed by atoms with van der Waals surface area (Å²) in [5.74, 6) is -1.17. The van der Waals surface area contributed by atoms with Crippen molar-refractivity contribution in [2.75, 3.05) is 0 Å². The van der Waals surface area contributed by atoms with Gasteiger partial charge in [0.05, 0.1) is 11.8 Å². The third-order valence-electron chi connectivity index (χ3n) is 3.41. The van der Waals surface area contributed by atoms with Crippen LogP contribution in [0.4, 0.5) is 0 Å². The van der Waals surface area contributed by atoms with Crippen LogP contribution in [0.15, 0.2) is 60.7 Å². The van der Waals surface area contributed by atoms with Crippen molar-refractivity contribution in [3.8, 4) is 6.07 Å². The van der Waals surface area contributed by atoms with Crippen molar-refractivity contribution in [3.05, 3.63) is 71.8 Å². The summed E-state index contributed by atoms with van der Waals surface area (Å²) in [6.07, 6.45) is 0. The number of hydrazine groups is 1. The zero-order chi connectivity index (χ0) is 14.7. The molecule has 0 bridgehead atoms. The lowest BCUT2D eigenvalue weighted by Crippen LogP contribution is -2.45. The topological polar surface area (TPSA) is 64.9 Å². The highest BCUT2D eigenvalue weighted by atomic mass is 16.2. The molecule has 2 aromatic rings. The van der Waals surface area contributed by atoms with Gasteiger partial charge in [0, 0.05) is 5.57 Å². The van der Waals surface area contributed by atoms with E-state index in [1.165, 1.54) is 0 Å². The van der Waals surface area contributed by atoms with Crippen LogP contribution in [0, 0.1) is 17.2 Å². The molecule has 3 rings (SSSR count). The van der Waals surface area contributed by atoms with Gasteiger partial charge in [0.15, 0.2) is 5.92 Å². The summed E-state index contributed by atoms with van der Waals surface area (Å²) in [7, 11) is 0. The van der Waals surface area contributed by atoms with Crippen LogP contribution < -0.4 is 10.9 Å². The number of nitriles is 1. The highest BCUT2D eigenvalue weighted by molar-refractivity contribution is 6.05. The molecule has 0 spiro atoms. The molecular weight excluding hydrogens is 262 g/mol. The first kappa shape index (κ1) is 12.9. The molecular formula is C17H13N3O. The van der Waals surface area contributed by atoms with Gasteiger partial charge in [-0.1, -0.05) is 60.7 Å². The molecule has 0 saturated carbocycles. The van der Waals surface area contributed by atoms with E-state index in [-0.39, 0.29) is 5.91 Å². The predicted molar refractivity (Wildman–Crippen MR) is 80.1 cm³/mol. The molecule has 4 nitrogen and oxygen atoms in total. The summed E-state index contributed by atoms with van der Waals surface area (Å²) >= 11 is 0. The number of carbonyl (C=O) groups is 1. The lowest BCUT2D eigenvalue weighted by Gasteiger charge is -2.26. The largest absolute Gasteiger partial charge is 0.298 e. The summed E-state index contributed by atoms with van der Waals surface area (Å²) in [5.41, 5.74) is 8.74. The molecule has 0 aliphatic carbocycles. The Kier molecular flexibility index (Phi) is 3.40. The second-order valence-corrected chi connectivity index (χ2v) is 4.70. The Hall–Kier alpha value is -3.06. The van der Waals surface area contributed by atoms with Gasteiger partial charge in [-0.15, -0.1) is 0 Å². The van der Waals surface area contributed by atoms with Crippen LogP contribution in [-0.4, -0.2) is 5.91 Å². The monoisotopic (exact) mass is 275 g/mol. The molecule has 0 radical (unpaired) electrons. The average Bonchev–Trinajstić information content (AvgIpc) is 2.56. The van der Waals surface area contributed by atoms with E-state index in [1.807, 2.05) is 60.7 Å². The van der Waals surface area contributed by atoms with Crippen molar-refractivity contribution in [3.63, 3.8) is 0 Å². The number of nitrogens with zero attached hydrogens (tertiary/aromatic N) is 1. The second-order valence-electron chi connectivity index (χ2n) is 4.70. The summed E-state index contributed by atoms with van der Waals surface area (Å²) < 4.78 is 0. The molecule has 102 valence electrons. The Bertz CT molecular complexity index is 730. The smallest absolute Gasteiger partial charge is 0.260 e. The van der Waals surface area contributed by atoms with Crippen molar-refractivity contribution in [1.29, 1.82) is 5.26 Å². The third kappa shape index (κ3) is 2.37. The van der Waals surface area contributed by atoms with Crippen molar-refractivity contribution >= 4 is 17.2 Å². The SMILES string of the molecule is N#CC1C(=O)NNC(c2ccccc2)=C1c1ccccc1. The van der Waals surface area contributed by atoms with E-state index in [9.17, 15) is 10.1 Å². The molecule has 2 N–H and O–H groups in total. The highest BCUT2D eigenvalue weighted by Gasteiger charge is 2.31. The van der Waals surface area contributed by atoms with Gasteiger partial charge in [-0.2, -0.15) is 5.26 Å². The van der Waals surface area contributed by atoms with E-state index in [0.717, 1.165) is 16.8 Å². The molecule has 0 aromatic heterocycles. The lowest BCUT2D eigenvalue weighted by molar-refractivity contribution is -0.122. The molecule has 2 aromatic carbocycles. The Morgan fingerprint density at radius 3 is 2.00 bits per heavy atom. The van der Waals surface area contributed by atoms with Crippen LogP contribution >= 0.6 is 0 Å². The number of hydrogen-bond acceptors (Lipinski definition) is 3. The van der Waals surface area contributed by atoms with Crippen LogP contribution in [-0.2, 0) is 4.79 Å². The Labute approximate surface area is 122 Å². The minimum Gasteiger partial charge on any atom is -0.298 e. The molecule has 4 heteroatoms. The fraction of sp³-hybridized carbons (Fsp3) is 0.0588. The van der Waals surface area contributed by atoms with Crippen molar-refractivity contribution in [1.82, 2.24) is 10.9 Å². The Morgan fingerprint density at radius 1 is 0.857 bits per heavy atom. The zero-order valence-electron chi connectivity index (χ0n) is 11.2. The van der Waals surface area contributed by atoms with Gasteiger partial charge in [0.25, 0.3) is 5.91 Å². The Morgan fingerprint density at radius 2 is 1.43 bits per heavy atom. The molecule has 21 heavy (non-hydrogen) atoms. The molecule has 0 fully saturated rings. The zero-order valence-corrected chi connectivity index (χ0v) is 11.2. The molecule has 1 heterocycles. The van der Waals surface area contributed by atoms with Gasteiger partial charge in [0.2, 0.25) is 0 Å². The highest BCUT2D eigenvalue weighted by Crippen LogP contribution is 2.32. The van der Waals surface area contributed by atoms with E-state index in [2.05, 4.69) is 16.9 Å². The first-order valence-electron chi connectivity index (χ1n) is 6.62. The van der Waals surface area contributed by atoms with Gasteiger partial charge >= 0.3 is 0 Å². The average molecular weight is 275 g/mol. The minimum atomic E-state index is -0.830. The number of amides is 1. The molecule has 1 aliphatic rings. The summed E-state index contributed by atoms with van der Waals surface area (Å²) in [6, 6.07) is 21.3. The maximum absolute atomic E-state index is 12.0. The van der Waals surface area contributed by atoms with Crippen LogP contribution in [0.5, 0.6) is 0 Å². The minimum absolute atomic E-state index is 0.337. The van der Waals surface area contributed by atoms with Crippen LogP contribution in [0.2, 0.25) is 0 Å². The fourth-order valence-corrected chi connectivity index (χ4v) is 2.42. The number of rotatable bonds is 2. The predicted octanol–water partition coefficient (Wildman–Crippen LogP) is 2.33. The molecule has 1 amide bonds. The third-order valence-corrected chi connectivity index (χ3v) is 3.41. The number of benzene rings is 2. The summed E-state index contributed by atoms with van der Waals surface area (Å²) in [6.45, 7) is 0. The van der Waals surface area contributed by atoms with E-state index >= 15 is 0 Å². The van der Waals surface area contributed by atoms with E-state index in [1.54, 1.807) is 0 Å². The summed E-state index contributed by atoms with van der Waals surface area (Å²) in [5, 5.41) is 9.39. The first-order chi connectivity index (χ1) is 10.3. The first-order valence-corrected chi connectivity index (χ1v) is 6.62. The standard InChI is InChI=1S/C17H13N3O/c18-11-14-15(12-7-3-1-4-8-12)16(19-20-17(14)21)13-9-5-2-6-10-13/h1-10,14,19H,(H,20,21). The van der Waals surface area contributed by atoms with Crippen LogP contribution in [0.1, 0.15) is 11.1 Å². The van der Waals surface area contributed by atoms with Crippen LogP contribution in [0.25, 0.3) is 11.3 Å². The van der Waals surface area contributed by atoms with Gasteiger partial charge < -0.3 is 0 Å². The quantitative estimate of drug-likeness (QED) is 0.884. The van der Waals surface area contributed by atoms with Crippen LogP contribution in [0.3, 0.4) is 0 Å². The maximum Gasteiger partial charge on any atom is 0.260 e. The normalized spacial score (nSPS) is 17.7. The second kappa shape index (κ2) is 5.51.